The van der Waals surface area contributed by atoms with Gasteiger partial charge in [0.05, 0.1) is 23.4 Å². The van der Waals surface area contributed by atoms with E-state index in [1.54, 1.807) is 35.2 Å². The van der Waals surface area contributed by atoms with Gasteiger partial charge in [-0.1, -0.05) is 30.3 Å². The van der Waals surface area contributed by atoms with Crippen LogP contribution in [0.15, 0.2) is 73.3 Å². The molecule has 3 heterocycles. The largest absolute Gasteiger partial charge is 0.345 e. The number of aromatic amines is 1. The van der Waals surface area contributed by atoms with E-state index in [1.807, 2.05) is 75.6 Å². The number of benzene rings is 2. The van der Waals surface area contributed by atoms with Crippen LogP contribution >= 0.6 is 0 Å². The molecule has 9 heteroatoms. The number of para-hydroxylation sites is 1. The molecule has 0 fully saturated rings. The highest BCUT2D eigenvalue weighted by atomic mass is 16.2. The van der Waals surface area contributed by atoms with Crippen molar-refractivity contribution in [1.29, 1.82) is 0 Å². The Labute approximate surface area is 220 Å². The Bertz CT molecular complexity index is 1620. The number of carbonyl (C=O) groups excluding carboxylic acids is 2. The van der Waals surface area contributed by atoms with E-state index in [-0.39, 0.29) is 17.9 Å². The van der Waals surface area contributed by atoms with Crippen molar-refractivity contribution in [1.82, 2.24) is 34.9 Å². The molecular weight excluding hydrogens is 478 g/mol. The van der Waals surface area contributed by atoms with E-state index in [0.29, 0.717) is 17.9 Å². The highest BCUT2D eigenvalue weighted by Gasteiger charge is 2.19. The molecule has 0 saturated carbocycles. The summed E-state index contributed by atoms with van der Waals surface area (Å²) in [7, 11) is 3.60. The number of carbonyl (C=O) groups is 2. The summed E-state index contributed by atoms with van der Waals surface area (Å²) in [4.78, 5) is 39.1. The van der Waals surface area contributed by atoms with Crippen molar-refractivity contribution in [2.24, 2.45) is 7.05 Å². The Balaban J connectivity index is 1.35. The molecular formula is C29H29N7O2. The van der Waals surface area contributed by atoms with Crippen molar-refractivity contribution in [3.05, 3.63) is 101 Å². The van der Waals surface area contributed by atoms with Gasteiger partial charge >= 0.3 is 0 Å². The van der Waals surface area contributed by atoms with Crippen LogP contribution < -0.4 is 5.32 Å². The zero-order valence-corrected chi connectivity index (χ0v) is 21.8. The molecule has 0 aliphatic rings. The fourth-order valence-electron chi connectivity index (χ4n) is 4.60. The Morgan fingerprint density at radius 3 is 2.68 bits per heavy atom. The number of hydrogen-bond donors (Lipinski definition) is 2. The predicted octanol–water partition coefficient (Wildman–Crippen LogP) is 4.43. The smallest absolute Gasteiger partial charge is 0.289 e. The zero-order valence-electron chi connectivity index (χ0n) is 21.8. The molecule has 3 aromatic heterocycles. The van der Waals surface area contributed by atoms with Gasteiger partial charge in [-0.2, -0.15) is 5.10 Å². The van der Waals surface area contributed by atoms with E-state index in [4.69, 9.17) is 4.98 Å². The normalized spacial score (nSPS) is 11.9. The van der Waals surface area contributed by atoms with Gasteiger partial charge in [0.2, 0.25) is 0 Å². The second kappa shape index (κ2) is 10.3. The first-order valence-electron chi connectivity index (χ1n) is 12.3. The van der Waals surface area contributed by atoms with Crippen molar-refractivity contribution in [2.75, 3.05) is 7.05 Å². The van der Waals surface area contributed by atoms with Crippen molar-refractivity contribution in [3.63, 3.8) is 0 Å². The zero-order chi connectivity index (χ0) is 26.8. The number of rotatable bonds is 7. The molecule has 5 rings (SSSR count). The maximum absolute atomic E-state index is 13.3. The molecule has 2 aromatic carbocycles. The van der Waals surface area contributed by atoms with Gasteiger partial charge in [0.25, 0.3) is 11.8 Å². The van der Waals surface area contributed by atoms with Crippen LogP contribution in [0.2, 0.25) is 0 Å². The number of amides is 2. The highest BCUT2D eigenvalue weighted by Crippen LogP contribution is 2.29. The average Bonchev–Trinajstić information content (AvgIpc) is 3.60. The predicted molar refractivity (Wildman–Crippen MR) is 145 cm³/mol. The van der Waals surface area contributed by atoms with Gasteiger partial charge in [-0.15, -0.1) is 0 Å². The third-order valence-corrected chi connectivity index (χ3v) is 6.57. The van der Waals surface area contributed by atoms with Gasteiger partial charge in [-0.3, -0.25) is 14.3 Å². The van der Waals surface area contributed by atoms with Crippen molar-refractivity contribution in [2.45, 2.75) is 26.4 Å². The summed E-state index contributed by atoms with van der Waals surface area (Å²) in [6, 6.07) is 15.3. The third-order valence-electron chi connectivity index (χ3n) is 6.57. The van der Waals surface area contributed by atoms with Crippen LogP contribution in [-0.2, 0) is 13.6 Å². The SMILES string of the molecule is Cc1cc(CN(C)C(=O)c2ncc[nH]2)ccc1C(=O)NC(C)c1cc(-c2cnn(C)c2)nc2ccccc12. The quantitative estimate of drug-likeness (QED) is 0.339. The van der Waals surface area contributed by atoms with E-state index in [0.717, 1.165) is 38.9 Å². The van der Waals surface area contributed by atoms with Crippen molar-refractivity contribution >= 4 is 22.7 Å². The maximum Gasteiger partial charge on any atom is 0.289 e. The van der Waals surface area contributed by atoms with Gasteiger partial charge in [-0.05, 0) is 48.7 Å². The van der Waals surface area contributed by atoms with Gasteiger partial charge in [0.1, 0.15) is 0 Å². The molecule has 9 nitrogen and oxygen atoms in total. The number of hydrogen-bond acceptors (Lipinski definition) is 5. The monoisotopic (exact) mass is 507 g/mol. The van der Waals surface area contributed by atoms with E-state index in [2.05, 4.69) is 20.4 Å². The molecule has 0 spiro atoms. The summed E-state index contributed by atoms with van der Waals surface area (Å²) in [6.07, 6.45) is 6.88. The van der Waals surface area contributed by atoms with Gasteiger partial charge in [-0.25, -0.2) is 9.97 Å². The number of fused-ring (bicyclic) bond motifs is 1. The number of nitrogens with one attached hydrogen (secondary N) is 2. The first-order valence-corrected chi connectivity index (χ1v) is 12.3. The highest BCUT2D eigenvalue weighted by molar-refractivity contribution is 5.96. The van der Waals surface area contributed by atoms with Crippen LogP contribution in [0.25, 0.3) is 22.2 Å². The van der Waals surface area contributed by atoms with Crippen LogP contribution in [0.4, 0.5) is 0 Å². The number of pyridine rings is 1. The maximum atomic E-state index is 13.3. The molecule has 192 valence electrons. The molecule has 38 heavy (non-hydrogen) atoms. The van der Waals surface area contributed by atoms with Crippen LogP contribution in [-0.4, -0.2) is 48.5 Å². The Morgan fingerprint density at radius 1 is 1.16 bits per heavy atom. The van der Waals surface area contributed by atoms with Gasteiger partial charge in [0.15, 0.2) is 5.82 Å². The average molecular weight is 508 g/mol. The number of nitrogens with zero attached hydrogens (tertiary/aromatic N) is 5. The van der Waals surface area contributed by atoms with E-state index < -0.39 is 0 Å². The lowest BCUT2D eigenvalue weighted by Gasteiger charge is -2.19. The Morgan fingerprint density at radius 2 is 1.97 bits per heavy atom. The first kappa shape index (κ1) is 24.9. The summed E-state index contributed by atoms with van der Waals surface area (Å²) in [5, 5.41) is 8.43. The van der Waals surface area contributed by atoms with Gasteiger partial charge < -0.3 is 15.2 Å². The second-order valence-corrected chi connectivity index (χ2v) is 9.46. The molecule has 0 aliphatic heterocycles. The fourth-order valence-corrected chi connectivity index (χ4v) is 4.60. The number of aromatic nitrogens is 5. The molecule has 5 aromatic rings. The standard InChI is InChI=1S/C29H29N7O2/c1-18-13-20(16-35(3)29(38)27-30-11-12-31-27)9-10-22(18)28(37)33-19(2)24-14-26(21-15-32-36(4)17-21)34-25-8-6-5-7-23(24)25/h5-15,17,19H,16H2,1-4H3,(H,30,31)(H,33,37). The van der Waals surface area contributed by atoms with Crippen LogP contribution in [0.1, 0.15) is 50.6 Å². The van der Waals surface area contributed by atoms with E-state index >= 15 is 0 Å². The molecule has 0 radical (unpaired) electrons. The van der Waals surface area contributed by atoms with Crippen molar-refractivity contribution in [3.8, 4) is 11.3 Å². The Kier molecular flexibility index (Phi) is 6.74. The van der Waals surface area contributed by atoms with Crippen LogP contribution in [0.5, 0.6) is 0 Å². The van der Waals surface area contributed by atoms with Crippen LogP contribution in [0, 0.1) is 6.92 Å². The third kappa shape index (κ3) is 5.04. The lowest BCUT2D eigenvalue weighted by atomic mass is 9.99. The van der Waals surface area contributed by atoms with E-state index in [9.17, 15) is 9.59 Å². The first-order chi connectivity index (χ1) is 18.3. The van der Waals surface area contributed by atoms with Crippen LogP contribution in [0.3, 0.4) is 0 Å². The second-order valence-electron chi connectivity index (χ2n) is 9.46. The summed E-state index contributed by atoms with van der Waals surface area (Å²) in [6.45, 7) is 4.28. The Hall–Kier alpha value is -4.79. The summed E-state index contributed by atoms with van der Waals surface area (Å²) >= 11 is 0. The molecule has 2 N–H and O–H groups in total. The molecule has 0 saturated heterocycles. The minimum absolute atomic E-state index is 0.162. The lowest BCUT2D eigenvalue weighted by Crippen LogP contribution is -2.28. The number of aryl methyl sites for hydroxylation is 2. The molecule has 1 atom stereocenters. The number of H-pyrrole nitrogens is 1. The fraction of sp³-hybridized carbons (Fsp3) is 0.207. The van der Waals surface area contributed by atoms with E-state index in [1.165, 1.54) is 0 Å². The minimum atomic E-state index is -0.262. The molecule has 0 bridgehead atoms. The molecule has 0 aliphatic carbocycles. The summed E-state index contributed by atoms with van der Waals surface area (Å²) < 4.78 is 1.74. The summed E-state index contributed by atoms with van der Waals surface area (Å²) in [5.41, 5.74) is 5.92. The minimum Gasteiger partial charge on any atom is -0.345 e. The molecule has 1 unspecified atom stereocenters. The van der Waals surface area contributed by atoms with Gasteiger partial charge in [0, 0.05) is 55.7 Å². The van der Waals surface area contributed by atoms with Crippen molar-refractivity contribution < 1.29 is 9.59 Å². The topological polar surface area (TPSA) is 109 Å². The molecule has 2 amide bonds. The summed E-state index contributed by atoms with van der Waals surface area (Å²) in [5.74, 6) is -0.0616. The number of imidazole rings is 1. The lowest BCUT2D eigenvalue weighted by molar-refractivity contribution is 0.0773.